The molecule has 0 aromatic heterocycles. The van der Waals surface area contributed by atoms with Gasteiger partial charge >= 0.3 is 0 Å². The summed E-state index contributed by atoms with van der Waals surface area (Å²) in [7, 11) is 0. The lowest BCUT2D eigenvalue weighted by molar-refractivity contribution is 0.0303. The van der Waals surface area contributed by atoms with Gasteiger partial charge in [-0.25, -0.2) is 8.78 Å². The maximum Gasteiger partial charge on any atom is 0.254 e. The summed E-state index contributed by atoms with van der Waals surface area (Å²) in [5, 5.41) is 2.69. The van der Waals surface area contributed by atoms with Crippen LogP contribution >= 0.6 is 0 Å². The van der Waals surface area contributed by atoms with E-state index in [1.165, 1.54) is 18.2 Å². The van der Waals surface area contributed by atoms with Crippen molar-refractivity contribution < 1.29 is 18.3 Å². The topological polar surface area (TPSA) is 41.6 Å². The van der Waals surface area contributed by atoms with Crippen LogP contribution in [-0.4, -0.2) is 37.1 Å². The zero-order chi connectivity index (χ0) is 16.2. The van der Waals surface area contributed by atoms with E-state index in [1.807, 2.05) is 0 Å². The minimum atomic E-state index is -0.668. The van der Waals surface area contributed by atoms with Crippen molar-refractivity contribution >= 4 is 17.3 Å². The Labute approximate surface area is 132 Å². The molecule has 3 rings (SSSR count). The molecule has 1 aliphatic heterocycles. The number of carbonyl (C=O) groups is 1. The molecule has 2 aromatic rings. The van der Waals surface area contributed by atoms with Crippen LogP contribution in [0.4, 0.5) is 20.2 Å². The van der Waals surface area contributed by atoms with Gasteiger partial charge in [0.05, 0.1) is 13.2 Å². The maximum atomic E-state index is 13.6. The monoisotopic (exact) mass is 318 g/mol. The molecule has 6 heteroatoms. The molecular weight excluding hydrogens is 302 g/mol. The molecule has 120 valence electrons. The van der Waals surface area contributed by atoms with Crippen molar-refractivity contribution in [2.45, 2.75) is 0 Å². The van der Waals surface area contributed by atoms with Crippen LogP contribution < -0.4 is 5.32 Å². The van der Waals surface area contributed by atoms with Crippen LogP contribution in [0.3, 0.4) is 0 Å². The number of anilines is 2. The van der Waals surface area contributed by atoms with E-state index in [2.05, 4.69) is 5.32 Å². The molecule has 0 spiro atoms. The summed E-state index contributed by atoms with van der Waals surface area (Å²) in [6, 6.07) is 10.2. The Morgan fingerprint density at radius 2 is 1.61 bits per heavy atom. The predicted octanol–water partition coefficient (Wildman–Crippen LogP) is 3.18. The summed E-state index contributed by atoms with van der Waals surface area (Å²) in [6.07, 6.45) is 0. The first-order chi connectivity index (χ1) is 11.1. The van der Waals surface area contributed by atoms with Gasteiger partial charge in [-0.1, -0.05) is 6.07 Å². The quantitative estimate of drug-likeness (QED) is 0.945. The second-order valence-electron chi connectivity index (χ2n) is 5.20. The van der Waals surface area contributed by atoms with Crippen molar-refractivity contribution in [1.82, 2.24) is 4.90 Å². The zero-order valence-electron chi connectivity index (χ0n) is 12.4. The number of nitrogens with one attached hydrogen (secondary N) is 1. The molecule has 1 amide bonds. The summed E-state index contributed by atoms with van der Waals surface area (Å²) in [4.78, 5) is 14.0. The molecule has 1 N–H and O–H groups in total. The molecule has 0 saturated carbocycles. The number of halogens is 2. The normalized spacial score (nSPS) is 14.6. The average molecular weight is 318 g/mol. The first-order valence-electron chi connectivity index (χ1n) is 7.33. The Morgan fingerprint density at radius 1 is 1.00 bits per heavy atom. The number of amides is 1. The van der Waals surface area contributed by atoms with Gasteiger partial charge in [-0.3, -0.25) is 4.79 Å². The van der Waals surface area contributed by atoms with Gasteiger partial charge in [-0.15, -0.1) is 0 Å². The van der Waals surface area contributed by atoms with Crippen molar-refractivity contribution in [1.29, 1.82) is 0 Å². The molecule has 2 aromatic carbocycles. The third-order valence-electron chi connectivity index (χ3n) is 3.66. The van der Waals surface area contributed by atoms with Crippen molar-refractivity contribution in [2.75, 3.05) is 31.6 Å². The molecule has 1 heterocycles. The van der Waals surface area contributed by atoms with E-state index in [1.54, 1.807) is 29.2 Å². The Kier molecular flexibility index (Phi) is 4.52. The van der Waals surface area contributed by atoms with E-state index in [-0.39, 0.29) is 11.6 Å². The second kappa shape index (κ2) is 6.75. The molecule has 0 atom stereocenters. The summed E-state index contributed by atoms with van der Waals surface area (Å²) in [5.41, 5.74) is 0.832. The van der Waals surface area contributed by atoms with Gasteiger partial charge in [-0.05, 0) is 36.4 Å². The lowest BCUT2D eigenvalue weighted by Crippen LogP contribution is -2.40. The molecular formula is C17H16F2N2O2. The number of benzene rings is 2. The van der Waals surface area contributed by atoms with Crippen molar-refractivity contribution in [3.05, 3.63) is 59.7 Å². The highest BCUT2D eigenvalue weighted by Gasteiger charge is 2.18. The highest BCUT2D eigenvalue weighted by atomic mass is 19.1. The molecule has 1 fully saturated rings. The van der Waals surface area contributed by atoms with Crippen LogP contribution in [0.5, 0.6) is 0 Å². The third kappa shape index (κ3) is 3.48. The number of carbonyl (C=O) groups excluding carboxylic acids is 1. The van der Waals surface area contributed by atoms with Gasteiger partial charge < -0.3 is 15.0 Å². The summed E-state index contributed by atoms with van der Waals surface area (Å²) < 4.78 is 32.4. The first-order valence-corrected chi connectivity index (χ1v) is 7.33. The minimum absolute atomic E-state index is 0.0723. The van der Waals surface area contributed by atoms with E-state index in [4.69, 9.17) is 4.74 Å². The largest absolute Gasteiger partial charge is 0.378 e. The van der Waals surface area contributed by atoms with Crippen molar-refractivity contribution in [3.8, 4) is 0 Å². The van der Waals surface area contributed by atoms with Gasteiger partial charge in [0.15, 0.2) is 0 Å². The fourth-order valence-electron chi connectivity index (χ4n) is 2.41. The number of hydrogen-bond donors (Lipinski definition) is 1. The van der Waals surface area contributed by atoms with Crippen molar-refractivity contribution in [2.24, 2.45) is 0 Å². The molecule has 1 saturated heterocycles. The standard InChI is InChI=1S/C17H16F2N2O2/c18-14-2-1-3-15(19)16(14)20-13-6-4-12(5-7-13)17(22)21-8-10-23-11-9-21/h1-7,20H,8-11H2. The zero-order valence-corrected chi connectivity index (χ0v) is 12.4. The summed E-state index contributed by atoms with van der Waals surface area (Å²) in [5.74, 6) is -1.41. The Bertz CT molecular complexity index is 678. The second-order valence-corrected chi connectivity index (χ2v) is 5.20. The highest BCUT2D eigenvalue weighted by molar-refractivity contribution is 5.94. The lowest BCUT2D eigenvalue weighted by atomic mass is 10.1. The van der Waals surface area contributed by atoms with Gasteiger partial charge in [0, 0.05) is 24.3 Å². The molecule has 23 heavy (non-hydrogen) atoms. The fourth-order valence-corrected chi connectivity index (χ4v) is 2.41. The Morgan fingerprint density at radius 3 is 2.22 bits per heavy atom. The Balaban J connectivity index is 1.73. The summed E-state index contributed by atoms with van der Waals surface area (Å²) in [6.45, 7) is 2.22. The van der Waals surface area contributed by atoms with Crippen LogP contribution in [0.25, 0.3) is 0 Å². The van der Waals surface area contributed by atoms with Crippen LogP contribution in [0.1, 0.15) is 10.4 Å². The number of rotatable bonds is 3. The van der Waals surface area contributed by atoms with E-state index < -0.39 is 11.6 Å². The van der Waals surface area contributed by atoms with E-state index in [0.717, 1.165) is 0 Å². The van der Waals surface area contributed by atoms with Crippen LogP contribution in [0.15, 0.2) is 42.5 Å². The maximum absolute atomic E-state index is 13.6. The average Bonchev–Trinajstić information content (AvgIpc) is 2.59. The van der Waals surface area contributed by atoms with Gasteiger partial charge in [-0.2, -0.15) is 0 Å². The van der Waals surface area contributed by atoms with Gasteiger partial charge in [0.25, 0.3) is 5.91 Å². The molecule has 0 bridgehead atoms. The first kappa shape index (κ1) is 15.4. The summed E-state index contributed by atoms with van der Waals surface area (Å²) >= 11 is 0. The molecule has 0 radical (unpaired) electrons. The smallest absolute Gasteiger partial charge is 0.254 e. The molecule has 4 nitrogen and oxygen atoms in total. The molecule has 0 unspecified atom stereocenters. The highest BCUT2D eigenvalue weighted by Crippen LogP contribution is 2.23. The third-order valence-corrected chi connectivity index (χ3v) is 3.66. The van der Waals surface area contributed by atoms with Crippen LogP contribution in [0, 0.1) is 11.6 Å². The van der Waals surface area contributed by atoms with E-state index in [9.17, 15) is 13.6 Å². The molecule has 1 aliphatic rings. The van der Waals surface area contributed by atoms with E-state index in [0.29, 0.717) is 37.6 Å². The predicted molar refractivity (Wildman–Crippen MR) is 82.8 cm³/mol. The number of para-hydroxylation sites is 1. The van der Waals surface area contributed by atoms with E-state index >= 15 is 0 Å². The number of morpholine rings is 1. The SMILES string of the molecule is O=C(c1ccc(Nc2c(F)cccc2F)cc1)N1CCOCC1. The van der Waals surface area contributed by atoms with Crippen LogP contribution in [0.2, 0.25) is 0 Å². The van der Waals surface area contributed by atoms with Crippen LogP contribution in [-0.2, 0) is 4.74 Å². The number of ether oxygens (including phenoxy) is 1. The minimum Gasteiger partial charge on any atom is -0.378 e. The molecule has 0 aliphatic carbocycles. The lowest BCUT2D eigenvalue weighted by Gasteiger charge is -2.26. The van der Waals surface area contributed by atoms with Gasteiger partial charge in [0.2, 0.25) is 0 Å². The Hall–Kier alpha value is -2.47. The number of hydrogen-bond acceptors (Lipinski definition) is 3. The van der Waals surface area contributed by atoms with Gasteiger partial charge in [0.1, 0.15) is 17.3 Å². The van der Waals surface area contributed by atoms with Crippen molar-refractivity contribution in [3.63, 3.8) is 0 Å². The fraction of sp³-hybridized carbons (Fsp3) is 0.235. The number of nitrogens with zero attached hydrogens (tertiary/aromatic N) is 1.